The van der Waals surface area contributed by atoms with Crippen LogP contribution in [0, 0.1) is 13.8 Å². The van der Waals surface area contributed by atoms with Crippen molar-refractivity contribution in [2.24, 2.45) is 5.10 Å². The number of hydrazone groups is 1. The monoisotopic (exact) mass is 330 g/mol. The molecule has 2 aromatic rings. The molecule has 23 heavy (non-hydrogen) atoms. The standard InChI is InChI=1S/C18H23ClN4/c1-14-17(12-20-22-10-6-3-7-11-22)15(2)23(21-14)13-16-8-4-5-9-18(16)19/h4-5,8-9,12H,3,6-7,10-11,13H2,1-2H3/b20-12+. The molecule has 122 valence electrons. The summed E-state index contributed by atoms with van der Waals surface area (Å²) in [4.78, 5) is 0. The molecule has 1 aromatic heterocycles. The van der Waals surface area contributed by atoms with E-state index in [1.54, 1.807) is 0 Å². The number of hydrogen-bond donors (Lipinski definition) is 0. The second kappa shape index (κ2) is 7.18. The smallest absolute Gasteiger partial charge is 0.0685 e. The summed E-state index contributed by atoms with van der Waals surface area (Å²) in [7, 11) is 0. The highest BCUT2D eigenvalue weighted by Gasteiger charge is 2.12. The highest BCUT2D eigenvalue weighted by Crippen LogP contribution is 2.19. The molecule has 0 bridgehead atoms. The van der Waals surface area contributed by atoms with Gasteiger partial charge in [-0.1, -0.05) is 29.8 Å². The first-order valence-electron chi connectivity index (χ1n) is 8.21. The Morgan fingerprint density at radius 2 is 1.91 bits per heavy atom. The van der Waals surface area contributed by atoms with Gasteiger partial charge in [0.05, 0.1) is 18.5 Å². The van der Waals surface area contributed by atoms with E-state index in [1.807, 2.05) is 42.1 Å². The topological polar surface area (TPSA) is 33.4 Å². The van der Waals surface area contributed by atoms with E-state index >= 15 is 0 Å². The third-order valence-electron chi connectivity index (χ3n) is 4.40. The van der Waals surface area contributed by atoms with Crippen molar-refractivity contribution < 1.29 is 0 Å². The van der Waals surface area contributed by atoms with Gasteiger partial charge < -0.3 is 0 Å². The van der Waals surface area contributed by atoms with E-state index in [9.17, 15) is 0 Å². The number of nitrogens with zero attached hydrogens (tertiary/aromatic N) is 4. The predicted molar refractivity (Wildman–Crippen MR) is 95.3 cm³/mol. The minimum Gasteiger partial charge on any atom is -0.297 e. The number of rotatable bonds is 4. The Balaban J connectivity index is 1.79. The average Bonchev–Trinajstić information content (AvgIpc) is 2.82. The van der Waals surface area contributed by atoms with Gasteiger partial charge in [-0.2, -0.15) is 10.2 Å². The maximum atomic E-state index is 6.26. The molecule has 1 saturated heterocycles. The molecule has 5 heteroatoms. The summed E-state index contributed by atoms with van der Waals surface area (Å²) in [5.41, 5.74) is 4.33. The molecule has 1 aliphatic heterocycles. The average molecular weight is 331 g/mol. The van der Waals surface area contributed by atoms with Gasteiger partial charge in [0.25, 0.3) is 0 Å². The lowest BCUT2D eigenvalue weighted by molar-refractivity contribution is 0.240. The molecule has 1 aliphatic rings. The fourth-order valence-corrected chi connectivity index (χ4v) is 3.17. The van der Waals surface area contributed by atoms with Gasteiger partial charge in [0.2, 0.25) is 0 Å². The second-order valence-electron chi connectivity index (χ2n) is 6.09. The lowest BCUT2D eigenvalue weighted by Crippen LogP contribution is -2.24. The van der Waals surface area contributed by atoms with Crippen molar-refractivity contribution in [1.82, 2.24) is 14.8 Å². The summed E-state index contributed by atoms with van der Waals surface area (Å²) in [6, 6.07) is 7.91. The molecule has 0 atom stereocenters. The number of aryl methyl sites for hydroxylation is 1. The Bertz CT molecular complexity index is 699. The van der Waals surface area contributed by atoms with E-state index in [2.05, 4.69) is 22.1 Å². The van der Waals surface area contributed by atoms with Crippen LogP contribution in [0.1, 0.15) is 41.8 Å². The quantitative estimate of drug-likeness (QED) is 0.793. The maximum Gasteiger partial charge on any atom is 0.0685 e. The summed E-state index contributed by atoms with van der Waals surface area (Å²) in [6.45, 7) is 6.93. The van der Waals surface area contributed by atoms with Gasteiger partial charge in [-0.25, -0.2) is 0 Å². The van der Waals surface area contributed by atoms with Crippen LogP contribution in [0.5, 0.6) is 0 Å². The van der Waals surface area contributed by atoms with Gasteiger partial charge >= 0.3 is 0 Å². The molecule has 1 fully saturated rings. The van der Waals surface area contributed by atoms with Crippen molar-refractivity contribution >= 4 is 17.8 Å². The zero-order valence-corrected chi connectivity index (χ0v) is 14.6. The number of hydrogen-bond acceptors (Lipinski definition) is 3. The zero-order valence-electron chi connectivity index (χ0n) is 13.8. The molecule has 3 rings (SSSR count). The van der Waals surface area contributed by atoms with Crippen LogP contribution in [-0.4, -0.2) is 34.1 Å². The Hall–Kier alpha value is -1.81. The first-order chi connectivity index (χ1) is 11.1. The molecule has 1 aromatic carbocycles. The minimum absolute atomic E-state index is 0.684. The Morgan fingerprint density at radius 1 is 1.17 bits per heavy atom. The fraction of sp³-hybridized carbons (Fsp3) is 0.444. The van der Waals surface area contributed by atoms with E-state index in [-0.39, 0.29) is 0 Å². The molecule has 4 nitrogen and oxygen atoms in total. The van der Waals surface area contributed by atoms with Crippen LogP contribution in [0.3, 0.4) is 0 Å². The summed E-state index contributed by atoms with van der Waals surface area (Å²) in [6.07, 6.45) is 5.76. The van der Waals surface area contributed by atoms with Crippen LogP contribution in [0.15, 0.2) is 29.4 Å². The van der Waals surface area contributed by atoms with Gasteiger partial charge in [0.1, 0.15) is 0 Å². The van der Waals surface area contributed by atoms with E-state index in [1.165, 1.54) is 19.3 Å². The van der Waals surface area contributed by atoms with Crippen LogP contribution in [-0.2, 0) is 6.54 Å². The molecule has 0 unspecified atom stereocenters. The third kappa shape index (κ3) is 3.75. The van der Waals surface area contributed by atoms with Gasteiger partial charge in [-0.3, -0.25) is 9.69 Å². The van der Waals surface area contributed by atoms with Crippen LogP contribution >= 0.6 is 11.6 Å². The van der Waals surface area contributed by atoms with Crippen molar-refractivity contribution in [2.45, 2.75) is 39.7 Å². The summed E-state index contributed by atoms with van der Waals surface area (Å²) in [5, 5.41) is 12.2. The van der Waals surface area contributed by atoms with Crippen LogP contribution in [0.25, 0.3) is 0 Å². The number of piperidine rings is 1. The third-order valence-corrected chi connectivity index (χ3v) is 4.77. The molecular formula is C18H23ClN4. The molecule has 2 heterocycles. The molecule has 0 amide bonds. The lowest BCUT2D eigenvalue weighted by atomic mass is 10.2. The highest BCUT2D eigenvalue weighted by molar-refractivity contribution is 6.31. The summed E-state index contributed by atoms with van der Waals surface area (Å²) >= 11 is 6.26. The molecule has 0 radical (unpaired) electrons. The molecule has 0 spiro atoms. The van der Waals surface area contributed by atoms with Crippen molar-refractivity contribution in [1.29, 1.82) is 0 Å². The van der Waals surface area contributed by atoms with Crippen LogP contribution < -0.4 is 0 Å². The summed E-state index contributed by atoms with van der Waals surface area (Å²) in [5.74, 6) is 0. The lowest BCUT2D eigenvalue weighted by Gasteiger charge is -2.23. The van der Waals surface area contributed by atoms with Gasteiger partial charge in [-0.15, -0.1) is 0 Å². The predicted octanol–water partition coefficient (Wildman–Crippen LogP) is 4.02. The minimum atomic E-state index is 0.684. The Kier molecular flexibility index (Phi) is 5.01. The van der Waals surface area contributed by atoms with Crippen LogP contribution in [0.2, 0.25) is 5.02 Å². The van der Waals surface area contributed by atoms with Crippen LogP contribution in [0.4, 0.5) is 0 Å². The van der Waals surface area contributed by atoms with Crippen molar-refractivity contribution in [3.8, 4) is 0 Å². The van der Waals surface area contributed by atoms with Crippen molar-refractivity contribution in [3.63, 3.8) is 0 Å². The number of aromatic nitrogens is 2. The van der Waals surface area contributed by atoms with Gasteiger partial charge in [0.15, 0.2) is 0 Å². The van der Waals surface area contributed by atoms with E-state index < -0.39 is 0 Å². The van der Waals surface area contributed by atoms with Crippen molar-refractivity contribution in [2.75, 3.05) is 13.1 Å². The number of benzene rings is 1. The van der Waals surface area contributed by atoms with E-state index in [4.69, 9.17) is 11.6 Å². The SMILES string of the molecule is Cc1nn(Cc2ccccc2Cl)c(C)c1/C=N/N1CCCCC1. The Labute approximate surface area is 142 Å². The molecule has 0 aliphatic carbocycles. The fourth-order valence-electron chi connectivity index (χ4n) is 2.97. The zero-order chi connectivity index (χ0) is 16.2. The normalized spacial score (nSPS) is 15.5. The van der Waals surface area contributed by atoms with E-state index in [0.717, 1.165) is 40.6 Å². The molecular weight excluding hydrogens is 308 g/mol. The molecule has 0 N–H and O–H groups in total. The number of halogens is 1. The largest absolute Gasteiger partial charge is 0.297 e. The van der Waals surface area contributed by atoms with Crippen molar-refractivity contribution in [3.05, 3.63) is 51.8 Å². The highest BCUT2D eigenvalue weighted by atomic mass is 35.5. The second-order valence-corrected chi connectivity index (χ2v) is 6.50. The van der Waals surface area contributed by atoms with E-state index in [0.29, 0.717) is 6.54 Å². The maximum absolute atomic E-state index is 6.26. The first kappa shape index (κ1) is 16.1. The molecule has 0 saturated carbocycles. The first-order valence-corrected chi connectivity index (χ1v) is 8.59. The van der Waals surface area contributed by atoms with Gasteiger partial charge in [0, 0.05) is 29.4 Å². The Morgan fingerprint density at radius 3 is 2.65 bits per heavy atom. The summed E-state index contributed by atoms with van der Waals surface area (Å²) < 4.78 is 2.01. The van der Waals surface area contributed by atoms with Gasteiger partial charge in [-0.05, 0) is 44.7 Å².